The van der Waals surface area contributed by atoms with Gasteiger partial charge in [0.25, 0.3) is 0 Å². The van der Waals surface area contributed by atoms with Crippen LogP contribution in [0.2, 0.25) is 0 Å². The first-order valence-corrected chi connectivity index (χ1v) is 6.16. The van der Waals surface area contributed by atoms with E-state index in [1.165, 1.54) is 12.3 Å². The summed E-state index contributed by atoms with van der Waals surface area (Å²) in [4.78, 5) is 13.7. The summed E-state index contributed by atoms with van der Waals surface area (Å²) in [5, 5.41) is 22.9. The van der Waals surface area contributed by atoms with Crippen LogP contribution in [0, 0.1) is 22.0 Å². The van der Waals surface area contributed by atoms with Gasteiger partial charge in [0.15, 0.2) is 6.20 Å². The van der Waals surface area contributed by atoms with Crippen molar-refractivity contribution in [1.29, 1.82) is 0 Å². The molecule has 2 N–H and O–H groups in total. The number of nitro groups is 1. The molecular weight excluding hydrogens is 234 g/mol. The van der Waals surface area contributed by atoms with Gasteiger partial charge in [-0.15, -0.1) is 0 Å². The van der Waals surface area contributed by atoms with Crippen LogP contribution in [-0.4, -0.2) is 28.2 Å². The van der Waals surface area contributed by atoms with Crippen LogP contribution in [-0.2, 0) is 0 Å². The molecule has 0 aromatic carbocycles. The van der Waals surface area contributed by atoms with Crippen LogP contribution in [0.25, 0.3) is 0 Å². The number of aromatic nitrogens is 1. The van der Waals surface area contributed by atoms with Gasteiger partial charge in [-0.05, 0) is 40.7 Å². The summed E-state index contributed by atoms with van der Waals surface area (Å²) in [5.74, 6) is 0.711. The van der Waals surface area contributed by atoms with Gasteiger partial charge in [0.2, 0.25) is 0 Å². The number of anilines is 1. The van der Waals surface area contributed by atoms with E-state index in [9.17, 15) is 15.2 Å². The van der Waals surface area contributed by atoms with E-state index in [4.69, 9.17) is 0 Å². The van der Waals surface area contributed by atoms with Gasteiger partial charge in [0.1, 0.15) is 0 Å². The first kappa shape index (κ1) is 12.8. The van der Waals surface area contributed by atoms with Gasteiger partial charge in [0.05, 0.1) is 5.69 Å². The van der Waals surface area contributed by atoms with Crippen LogP contribution >= 0.6 is 0 Å². The highest BCUT2D eigenvalue weighted by Gasteiger charge is 2.26. The zero-order valence-electron chi connectivity index (χ0n) is 10.1. The second-order valence-corrected chi connectivity index (χ2v) is 4.68. The third kappa shape index (κ3) is 2.95. The largest absolute Gasteiger partial charge is 0.396 e. The van der Waals surface area contributed by atoms with Crippen LogP contribution in [0.15, 0.2) is 18.3 Å². The molecule has 1 aliphatic rings. The monoisotopic (exact) mass is 251 g/mol. The van der Waals surface area contributed by atoms with Crippen molar-refractivity contribution in [2.75, 3.05) is 18.5 Å². The van der Waals surface area contributed by atoms with Crippen LogP contribution in [0.5, 0.6) is 0 Å². The SMILES string of the molecule is O=[N+]([O-])c1ccc(NCC2CCCC2CO)cn1. The van der Waals surface area contributed by atoms with Crippen molar-refractivity contribution in [3.05, 3.63) is 28.4 Å². The van der Waals surface area contributed by atoms with Gasteiger partial charge in [-0.2, -0.15) is 0 Å². The molecule has 98 valence electrons. The smallest absolute Gasteiger partial charge is 0.363 e. The fraction of sp³-hybridized carbons (Fsp3) is 0.583. The number of rotatable bonds is 5. The van der Waals surface area contributed by atoms with E-state index in [0.717, 1.165) is 31.5 Å². The van der Waals surface area contributed by atoms with Crippen LogP contribution < -0.4 is 5.32 Å². The zero-order valence-corrected chi connectivity index (χ0v) is 10.1. The Balaban J connectivity index is 1.88. The molecule has 2 atom stereocenters. The molecule has 1 saturated carbocycles. The Hall–Kier alpha value is -1.69. The van der Waals surface area contributed by atoms with Crippen molar-refractivity contribution in [2.45, 2.75) is 19.3 Å². The normalized spacial score (nSPS) is 22.9. The van der Waals surface area contributed by atoms with Gasteiger partial charge < -0.3 is 20.5 Å². The number of pyridine rings is 1. The Bertz CT molecular complexity index is 408. The molecule has 0 spiro atoms. The van der Waals surface area contributed by atoms with E-state index in [-0.39, 0.29) is 12.4 Å². The fourth-order valence-corrected chi connectivity index (χ4v) is 2.47. The second kappa shape index (κ2) is 5.77. The minimum Gasteiger partial charge on any atom is -0.396 e. The molecule has 1 aromatic heterocycles. The van der Waals surface area contributed by atoms with Crippen LogP contribution in [0.1, 0.15) is 19.3 Å². The zero-order chi connectivity index (χ0) is 13.0. The van der Waals surface area contributed by atoms with E-state index in [0.29, 0.717) is 11.8 Å². The summed E-state index contributed by atoms with van der Waals surface area (Å²) < 4.78 is 0. The van der Waals surface area contributed by atoms with Crippen molar-refractivity contribution in [3.63, 3.8) is 0 Å². The number of nitrogens with one attached hydrogen (secondary N) is 1. The lowest BCUT2D eigenvalue weighted by molar-refractivity contribution is -0.389. The highest BCUT2D eigenvalue weighted by molar-refractivity contribution is 5.43. The summed E-state index contributed by atoms with van der Waals surface area (Å²) in [6, 6.07) is 3.05. The summed E-state index contributed by atoms with van der Waals surface area (Å²) in [7, 11) is 0. The summed E-state index contributed by atoms with van der Waals surface area (Å²) >= 11 is 0. The van der Waals surface area contributed by atoms with Crippen molar-refractivity contribution < 1.29 is 10.0 Å². The number of aliphatic hydroxyl groups excluding tert-OH is 1. The van der Waals surface area contributed by atoms with Crippen molar-refractivity contribution in [3.8, 4) is 0 Å². The topological polar surface area (TPSA) is 88.3 Å². The minimum atomic E-state index is -0.511. The minimum absolute atomic E-state index is 0.144. The molecule has 0 saturated heterocycles. The van der Waals surface area contributed by atoms with Gasteiger partial charge in [0, 0.05) is 19.2 Å². The third-order valence-corrected chi connectivity index (χ3v) is 3.55. The number of nitrogens with zero attached hydrogens (tertiary/aromatic N) is 2. The standard InChI is InChI=1S/C12H17N3O3/c16-8-10-3-1-2-9(10)6-13-11-4-5-12(14-7-11)15(17)18/h4-5,7,9-10,13,16H,1-3,6,8H2. The van der Waals surface area contributed by atoms with Gasteiger partial charge in [-0.3, -0.25) is 0 Å². The highest BCUT2D eigenvalue weighted by Crippen LogP contribution is 2.31. The quantitative estimate of drug-likeness (QED) is 0.615. The van der Waals surface area contributed by atoms with Gasteiger partial charge in [-0.25, -0.2) is 0 Å². The summed E-state index contributed by atoms with van der Waals surface area (Å²) in [5.41, 5.74) is 0.782. The first-order chi connectivity index (χ1) is 8.70. The maximum atomic E-state index is 10.5. The van der Waals surface area contributed by atoms with E-state index in [1.54, 1.807) is 6.07 Å². The number of hydrogen-bond acceptors (Lipinski definition) is 5. The first-order valence-electron chi connectivity index (χ1n) is 6.16. The summed E-state index contributed by atoms with van der Waals surface area (Å²) in [6.45, 7) is 1.02. The molecule has 2 unspecified atom stereocenters. The molecule has 6 heteroatoms. The fourth-order valence-electron chi connectivity index (χ4n) is 2.47. The number of aliphatic hydroxyl groups is 1. The van der Waals surface area contributed by atoms with Crippen molar-refractivity contribution in [1.82, 2.24) is 4.98 Å². The Morgan fingerprint density at radius 1 is 1.44 bits per heavy atom. The predicted molar refractivity (Wildman–Crippen MR) is 67.3 cm³/mol. The molecule has 0 aliphatic heterocycles. The highest BCUT2D eigenvalue weighted by atomic mass is 16.6. The molecule has 0 amide bonds. The molecule has 1 fully saturated rings. The molecule has 1 heterocycles. The lowest BCUT2D eigenvalue weighted by atomic mass is 9.97. The molecule has 0 radical (unpaired) electrons. The molecular formula is C12H17N3O3. The van der Waals surface area contributed by atoms with E-state index in [1.807, 2.05) is 0 Å². The van der Waals surface area contributed by atoms with E-state index in [2.05, 4.69) is 10.3 Å². The Morgan fingerprint density at radius 3 is 2.83 bits per heavy atom. The number of hydrogen-bond donors (Lipinski definition) is 2. The lowest BCUT2D eigenvalue weighted by Gasteiger charge is -2.17. The van der Waals surface area contributed by atoms with E-state index < -0.39 is 4.92 Å². The molecule has 2 rings (SSSR count). The average Bonchev–Trinajstić information content (AvgIpc) is 2.84. The maximum absolute atomic E-state index is 10.5. The van der Waals surface area contributed by atoms with Crippen molar-refractivity contribution in [2.24, 2.45) is 11.8 Å². The van der Waals surface area contributed by atoms with Crippen molar-refractivity contribution >= 4 is 11.5 Å². The Morgan fingerprint density at radius 2 is 2.22 bits per heavy atom. The van der Waals surface area contributed by atoms with Gasteiger partial charge >= 0.3 is 5.82 Å². The second-order valence-electron chi connectivity index (χ2n) is 4.68. The third-order valence-electron chi connectivity index (χ3n) is 3.55. The molecule has 6 nitrogen and oxygen atoms in total. The van der Waals surface area contributed by atoms with Gasteiger partial charge in [-0.1, -0.05) is 6.42 Å². The summed E-state index contributed by atoms with van der Waals surface area (Å²) in [6.07, 6.45) is 4.84. The Kier molecular flexibility index (Phi) is 4.09. The maximum Gasteiger partial charge on any atom is 0.363 e. The average molecular weight is 251 g/mol. The molecule has 18 heavy (non-hydrogen) atoms. The lowest BCUT2D eigenvalue weighted by Crippen LogP contribution is -2.20. The molecule has 1 aliphatic carbocycles. The Labute approximate surface area is 105 Å². The predicted octanol–water partition coefficient (Wildman–Crippen LogP) is 1.81. The molecule has 0 bridgehead atoms. The van der Waals surface area contributed by atoms with Crippen LogP contribution in [0.4, 0.5) is 11.5 Å². The van der Waals surface area contributed by atoms with Crippen LogP contribution in [0.3, 0.4) is 0 Å². The van der Waals surface area contributed by atoms with E-state index >= 15 is 0 Å². The molecule has 1 aromatic rings.